The summed E-state index contributed by atoms with van der Waals surface area (Å²) in [4.78, 5) is 0. The van der Waals surface area contributed by atoms with Gasteiger partial charge in [-0.3, -0.25) is 0 Å². The van der Waals surface area contributed by atoms with Crippen LogP contribution in [0.3, 0.4) is 0 Å². The van der Waals surface area contributed by atoms with E-state index in [1.165, 1.54) is 16.6 Å². The Morgan fingerprint density at radius 3 is 2.57 bits per heavy atom. The van der Waals surface area contributed by atoms with E-state index >= 15 is 0 Å². The molecule has 0 saturated carbocycles. The number of hydrogen-bond acceptors (Lipinski definition) is 2. The van der Waals surface area contributed by atoms with Crippen molar-refractivity contribution in [1.29, 1.82) is 0 Å². The number of nitrogens with zero attached hydrogens (tertiary/aromatic N) is 1. The van der Waals surface area contributed by atoms with Crippen molar-refractivity contribution < 1.29 is 4.43 Å². The second-order valence-corrected chi connectivity index (χ2v) is 12.9. The van der Waals surface area contributed by atoms with Gasteiger partial charge in [-0.15, -0.1) is 0 Å². The summed E-state index contributed by atoms with van der Waals surface area (Å²) in [7, 11) is 0.417. The molecule has 1 N–H and O–H groups in total. The van der Waals surface area contributed by atoms with Gasteiger partial charge >= 0.3 is 0 Å². The molecule has 1 aromatic carbocycles. The van der Waals surface area contributed by atoms with E-state index in [0.717, 1.165) is 13.0 Å². The summed E-state index contributed by atoms with van der Waals surface area (Å²) in [5.74, 6) is 0. The molecule has 4 heteroatoms. The van der Waals surface area contributed by atoms with Gasteiger partial charge in [0.25, 0.3) is 0 Å². The molecule has 1 heterocycles. The van der Waals surface area contributed by atoms with E-state index in [-0.39, 0.29) is 5.04 Å². The molecule has 0 fully saturated rings. The molecule has 0 spiro atoms. The summed E-state index contributed by atoms with van der Waals surface area (Å²) in [6.45, 7) is 14.6. The highest BCUT2D eigenvalue weighted by atomic mass is 28.4. The van der Waals surface area contributed by atoms with E-state index in [9.17, 15) is 0 Å². The first kappa shape index (κ1) is 18.1. The van der Waals surface area contributed by atoms with Crippen molar-refractivity contribution in [2.45, 2.75) is 58.4 Å². The van der Waals surface area contributed by atoms with Crippen LogP contribution in [0, 0.1) is 0 Å². The van der Waals surface area contributed by atoms with Crippen molar-refractivity contribution >= 4 is 24.9 Å². The molecule has 23 heavy (non-hydrogen) atoms. The Labute approximate surface area is 142 Å². The standard InChI is InChI=1S/C19H32N2OSi/c1-15(22-23(6,7)19(2,3)4)10-12-20-17-8-9-18-16(14-17)11-13-21(18)5/h8-9,11,13-15,20H,10,12H2,1-7H3. The third-order valence-electron chi connectivity index (χ3n) is 5.07. The molecule has 0 aliphatic carbocycles. The van der Waals surface area contributed by atoms with E-state index in [4.69, 9.17) is 4.43 Å². The lowest BCUT2D eigenvalue weighted by Crippen LogP contribution is -2.43. The first-order valence-electron chi connectivity index (χ1n) is 8.57. The average molecular weight is 333 g/mol. The van der Waals surface area contributed by atoms with Gasteiger partial charge in [-0.05, 0) is 55.7 Å². The number of hydrogen-bond donors (Lipinski definition) is 1. The molecule has 0 saturated heterocycles. The number of aryl methyl sites for hydroxylation is 1. The Bertz CT molecular complexity index is 655. The van der Waals surface area contributed by atoms with Gasteiger partial charge in [-0.25, -0.2) is 0 Å². The number of fused-ring (bicyclic) bond motifs is 1. The molecular formula is C19H32N2OSi. The largest absolute Gasteiger partial charge is 0.414 e. The van der Waals surface area contributed by atoms with Gasteiger partial charge in [-0.2, -0.15) is 0 Å². The third kappa shape index (κ3) is 4.39. The summed E-state index contributed by atoms with van der Waals surface area (Å²) in [5, 5.41) is 5.08. The highest BCUT2D eigenvalue weighted by Gasteiger charge is 2.38. The molecule has 0 bridgehead atoms. The summed E-state index contributed by atoms with van der Waals surface area (Å²) in [6.07, 6.45) is 3.42. The number of anilines is 1. The molecule has 0 radical (unpaired) electrons. The molecule has 2 rings (SSSR count). The van der Waals surface area contributed by atoms with Gasteiger partial charge in [0.05, 0.1) is 0 Å². The summed E-state index contributed by atoms with van der Waals surface area (Å²) in [6, 6.07) is 8.70. The molecule has 2 aromatic rings. The molecular weight excluding hydrogens is 300 g/mol. The highest BCUT2D eigenvalue weighted by Crippen LogP contribution is 2.37. The lowest BCUT2D eigenvalue weighted by molar-refractivity contribution is 0.193. The fraction of sp³-hybridized carbons (Fsp3) is 0.579. The topological polar surface area (TPSA) is 26.2 Å². The Morgan fingerprint density at radius 2 is 1.91 bits per heavy atom. The minimum Gasteiger partial charge on any atom is -0.414 e. The van der Waals surface area contributed by atoms with Crippen LogP contribution >= 0.6 is 0 Å². The van der Waals surface area contributed by atoms with Crippen LogP contribution in [0.4, 0.5) is 5.69 Å². The van der Waals surface area contributed by atoms with Crippen molar-refractivity contribution in [1.82, 2.24) is 4.57 Å². The van der Waals surface area contributed by atoms with Gasteiger partial charge in [0.15, 0.2) is 8.32 Å². The average Bonchev–Trinajstić information content (AvgIpc) is 2.78. The van der Waals surface area contributed by atoms with Crippen LogP contribution in [0.2, 0.25) is 18.1 Å². The van der Waals surface area contributed by atoms with Crippen molar-refractivity contribution in [2.75, 3.05) is 11.9 Å². The molecule has 1 atom stereocenters. The number of benzene rings is 1. The van der Waals surface area contributed by atoms with Crippen molar-refractivity contribution in [3.05, 3.63) is 30.5 Å². The van der Waals surface area contributed by atoms with E-state index in [1.54, 1.807) is 0 Å². The maximum absolute atomic E-state index is 6.41. The maximum atomic E-state index is 6.41. The van der Waals surface area contributed by atoms with Crippen LogP contribution in [-0.2, 0) is 11.5 Å². The molecule has 0 aliphatic heterocycles. The van der Waals surface area contributed by atoms with E-state index in [1.807, 2.05) is 0 Å². The smallest absolute Gasteiger partial charge is 0.192 e. The summed E-state index contributed by atoms with van der Waals surface area (Å²) < 4.78 is 8.56. The van der Waals surface area contributed by atoms with Gasteiger partial charge in [0, 0.05) is 42.5 Å². The van der Waals surface area contributed by atoms with E-state index in [2.05, 4.69) is 88.2 Å². The SMILES string of the molecule is CC(CCNc1ccc2c(ccn2C)c1)O[Si](C)(C)C(C)(C)C. The highest BCUT2D eigenvalue weighted by molar-refractivity contribution is 6.74. The van der Waals surface area contributed by atoms with Crippen molar-refractivity contribution in [3.8, 4) is 0 Å². The lowest BCUT2D eigenvalue weighted by atomic mass is 10.2. The fourth-order valence-electron chi connectivity index (χ4n) is 2.55. The van der Waals surface area contributed by atoms with Gasteiger partial charge in [-0.1, -0.05) is 20.8 Å². The second-order valence-electron chi connectivity index (χ2n) is 8.10. The summed E-state index contributed by atoms with van der Waals surface area (Å²) in [5.41, 5.74) is 2.45. The fourth-order valence-corrected chi connectivity index (χ4v) is 4.03. The molecule has 0 amide bonds. The Balaban J connectivity index is 1.86. The number of nitrogens with one attached hydrogen (secondary N) is 1. The quantitative estimate of drug-likeness (QED) is 0.718. The second kappa shape index (κ2) is 6.69. The van der Waals surface area contributed by atoms with Crippen LogP contribution in [0.15, 0.2) is 30.5 Å². The Morgan fingerprint density at radius 1 is 1.22 bits per heavy atom. The zero-order valence-electron chi connectivity index (χ0n) is 15.7. The Kier molecular flexibility index (Phi) is 5.26. The molecule has 1 unspecified atom stereocenters. The molecule has 1 aromatic heterocycles. The van der Waals surface area contributed by atoms with Gasteiger partial charge in [0.1, 0.15) is 0 Å². The maximum Gasteiger partial charge on any atom is 0.192 e. The van der Waals surface area contributed by atoms with Crippen LogP contribution < -0.4 is 5.32 Å². The zero-order valence-corrected chi connectivity index (χ0v) is 16.7. The number of aromatic nitrogens is 1. The van der Waals surface area contributed by atoms with E-state index < -0.39 is 8.32 Å². The molecule has 3 nitrogen and oxygen atoms in total. The van der Waals surface area contributed by atoms with Crippen LogP contribution in [-0.4, -0.2) is 25.5 Å². The van der Waals surface area contributed by atoms with Crippen LogP contribution in [0.1, 0.15) is 34.1 Å². The third-order valence-corrected chi connectivity index (χ3v) is 9.67. The minimum absolute atomic E-state index is 0.271. The summed E-state index contributed by atoms with van der Waals surface area (Å²) >= 11 is 0. The van der Waals surface area contributed by atoms with Crippen LogP contribution in [0.5, 0.6) is 0 Å². The molecule has 128 valence electrons. The predicted octanol–water partition coefficient (Wildman–Crippen LogP) is 5.39. The zero-order chi connectivity index (χ0) is 17.3. The first-order valence-corrected chi connectivity index (χ1v) is 11.5. The van der Waals surface area contributed by atoms with Crippen molar-refractivity contribution in [2.24, 2.45) is 7.05 Å². The lowest BCUT2D eigenvalue weighted by Gasteiger charge is -2.38. The Hall–Kier alpha value is -1.26. The van der Waals surface area contributed by atoms with Gasteiger partial charge in [0.2, 0.25) is 0 Å². The predicted molar refractivity (Wildman–Crippen MR) is 104 cm³/mol. The number of rotatable bonds is 6. The van der Waals surface area contributed by atoms with Crippen LogP contribution in [0.25, 0.3) is 10.9 Å². The monoisotopic (exact) mass is 332 g/mol. The van der Waals surface area contributed by atoms with Crippen molar-refractivity contribution in [3.63, 3.8) is 0 Å². The normalized spacial score (nSPS) is 14.2. The van der Waals surface area contributed by atoms with Gasteiger partial charge < -0.3 is 14.3 Å². The first-order chi connectivity index (χ1) is 10.6. The minimum atomic E-state index is -1.66. The van der Waals surface area contributed by atoms with E-state index in [0.29, 0.717) is 6.10 Å². The molecule has 0 aliphatic rings.